The summed E-state index contributed by atoms with van der Waals surface area (Å²) in [5.74, 6) is -0.830. The molecule has 0 saturated carbocycles. The quantitative estimate of drug-likeness (QED) is 0.436. The van der Waals surface area contributed by atoms with E-state index in [4.69, 9.17) is 9.47 Å². The van der Waals surface area contributed by atoms with E-state index in [-0.39, 0.29) is 25.5 Å². The van der Waals surface area contributed by atoms with Gasteiger partial charge in [0.25, 0.3) is 0 Å². The molecule has 1 aliphatic heterocycles. The first-order valence-electron chi connectivity index (χ1n) is 7.41. The Hall–Kier alpha value is -1.86. The maximum Gasteiger partial charge on any atom is 0.410 e. The molecule has 1 aliphatic rings. The summed E-state index contributed by atoms with van der Waals surface area (Å²) in [6, 6.07) is -0.556. The third kappa shape index (κ3) is 5.50. The normalized spacial score (nSPS) is 21.5. The van der Waals surface area contributed by atoms with Crippen molar-refractivity contribution in [2.24, 2.45) is 5.92 Å². The molecule has 126 valence electrons. The van der Waals surface area contributed by atoms with Crippen molar-refractivity contribution in [2.45, 2.75) is 52.2 Å². The van der Waals surface area contributed by atoms with E-state index in [1.807, 2.05) is 0 Å². The van der Waals surface area contributed by atoms with Gasteiger partial charge in [0.2, 0.25) is 6.54 Å². The first-order chi connectivity index (χ1) is 10.1. The SMILES string of the molecule is CCOC(=O)CC1C(C[N+](=O)[O-])CCN1C(=O)OC(C)(C)C. The van der Waals surface area contributed by atoms with Crippen LogP contribution in [0.2, 0.25) is 0 Å². The molecule has 0 aromatic rings. The van der Waals surface area contributed by atoms with Gasteiger partial charge >= 0.3 is 12.1 Å². The van der Waals surface area contributed by atoms with E-state index in [1.54, 1.807) is 27.7 Å². The average molecular weight is 316 g/mol. The van der Waals surface area contributed by atoms with Crippen LogP contribution in [0.5, 0.6) is 0 Å². The molecule has 1 heterocycles. The fourth-order valence-corrected chi connectivity index (χ4v) is 2.54. The second-order valence-electron chi connectivity index (χ2n) is 6.31. The highest BCUT2D eigenvalue weighted by molar-refractivity contribution is 5.73. The summed E-state index contributed by atoms with van der Waals surface area (Å²) < 4.78 is 10.2. The second-order valence-corrected chi connectivity index (χ2v) is 6.31. The van der Waals surface area contributed by atoms with Crippen LogP contribution in [-0.4, -0.2) is 53.2 Å². The molecule has 2 atom stereocenters. The maximum atomic E-state index is 12.2. The van der Waals surface area contributed by atoms with Crippen molar-refractivity contribution in [2.75, 3.05) is 19.7 Å². The smallest absolute Gasteiger partial charge is 0.410 e. The van der Waals surface area contributed by atoms with E-state index in [9.17, 15) is 19.7 Å². The van der Waals surface area contributed by atoms with Crippen LogP contribution in [0, 0.1) is 16.0 Å². The zero-order valence-corrected chi connectivity index (χ0v) is 13.5. The Labute approximate surface area is 129 Å². The molecular formula is C14H24N2O6. The largest absolute Gasteiger partial charge is 0.466 e. The Morgan fingerprint density at radius 3 is 2.50 bits per heavy atom. The van der Waals surface area contributed by atoms with E-state index in [2.05, 4.69) is 0 Å². The summed E-state index contributed by atoms with van der Waals surface area (Å²) in [6.45, 7) is 7.23. The van der Waals surface area contributed by atoms with Crippen LogP contribution in [-0.2, 0) is 14.3 Å². The first kappa shape index (κ1) is 18.2. The summed E-state index contributed by atoms with van der Waals surface area (Å²) in [6.07, 6.45) is -0.122. The number of hydrogen-bond acceptors (Lipinski definition) is 6. The predicted molar refractivity (Wildman–Crippen MR) is 77.9 cm³/mol. The number of esters is 1. The lowest BCUT2D eigenvalue weighted by molar-refractivity contribution is -0.488. The van der Waals surface area contributed by atoms with Gasteiger partial charge in [-0.15, -0.1) is 0 Å². The highest BCUT2D eigenvalue weighted by atomic mass is 16.6. The number of nitro groups is 1. The summed E-state index contributed by atoms with van der Waals surface area (Å²) >= 11 is 0. The Balaban J connectivity index is 2.83. The fourth-order valence-electron chi connectivity index (χ4n) is 2.54. The van der Waals surface area contributed by atoms with Crippen LogP contribution < -0.4 is 0 Å². The Morgan fingerprint density at radius 1 is 1.36 bits per heavy atom. The molecule has 2 unspecified atom stereocenters. The van der Waals surface area contributed by atoms with Crippen LogP contribution >= 0.6 is 0 Å². The van der Waals surface area contributed by atoms with Gasteiger partial charge in [-0.25, -0.2) is 4.79 Å². The molecule has 0 bridgehead atoms. The maximum absolute atomic E-state index is 12.2. The van der Waals surface area contributed by atoms with Gasteiger partial charge in [0, 0.05) is 17.4 Å². The number of likely N-dealkylation sites (tertiary alicyclic amines) is 1. The van der Waals surface area contributed by atoms with Gasteiger partial charge in [-0.2, -0.15) is 0 Å². The number of nitrogens with zero attached hydrogens (tertiary/aromatic N) is 2. The zero-order valence-electron chi connectivity index (χ0n) is 13.5. The van der Waals surface area contributed by atoms with Crippen molar-refractivity contribution in [3.63, 3.8) is 0 Å². The Morgan fingerprint density at radius 2 is 2.00 bits per heavy atom. The van der Waals surface area contributed by atoms with Crippen molar-refractivity contribution < 1.29 is 24.0 Å². The van der Waals surface area contributed by atoms with Gasteiger partial charge in [0.15, 0.2) is 0 Å². The molecular weight excluding hydrogens is 292 g/mol. The van der Waals surface area contributed by atoms with Crippen molar-refractivity contribution in [1.82, 2.24) is 4.90 Å². The van der Waals surface area contributed by atoms with E-state index in [0.29, 0.717) is 13.0 Å². The molecule has 1 saturated heterocycles. The van der Waals surface area contributed by atoms with Gasteiger partial charge in [0.1, 0.15) is 5.60 Å². The molecule has 22 heavy (non-hydrogen) atoms. The molecule has 1 rings (SSSR count). The van der Waals surface area contributed by atoms with Crippen LogP contribution in [0.15, 0.2) is 0 Å². The molecule has 0 radical (unpaired) electrons. The van der Waals surface area contributed by atoms with Gasteiger partial charge in [0.05, 0.1) is 19.1 Å². The van der Waals surface area contributed by atoms with Crippen molar-refractivity contribution >= 4 is 12.1 Å². The lowest BCUT2D eigenvalue weighted by Gasteiger charge is -2.29. The lowest BCUT2D eigenvalue weighted by atomic mass is 9.98. The Kier molecular flexibility index (Phi) is 6.13. The average Bonchev–Trinajstić information content (AvgIpc) is 2.69. The number of amides is 1. The fraction of sp³-hybridized carbons (Fsp3) is 0.857. The highest BCUT2D eigenvalue weighted by Crippen LogP contribution is 2.29. The van der Waals surface area contributed by atoms with Gasteiger partial charge < -0.3 is 14.4 Å². The standard InChI is InChI=1S/C14H24N2O6/c1-5-21-12(17)8-11-10(9-16(19)20)6-7-15(11)13(18)22-14(2,3)4/h10-11H,5-9H2,1-4H3. The number of ether oxygens (including phenoxy) is 2. The van der Waals surface area contributed by atoms with Gasteiger partial charge in [-0.05, 0) is 34.1 Å². The Bertz CT molecular complexity index is 432. The topological polar surface area (TPSA) is 99.0 Å². The molecule has 0 aromatic heterocycles. The minimum atomic E-state index is -0.660. The van der Waals surface area contributed by atoms with E-state index < -0.39 is 28.6 Å². The number of rotatable bonds is 5. The van der Waals surface area contributed by atoms with Crippen LogP contribution in [0.1, 0.15) is 40.5 Å². The van der Waals surface area contributed by atoms with Gasteiger partial charge in [-0.3, -0.25) is 14.9 Å². The number of carbonyl (C=O) groups is 2. The molecule has 8 heteroatoms. The van der Waals surface area contributed by atoms with Crippen molar-refractivity contribution in [1.29, 1.82) is 0 Å². The number of carbonyl (C=O) groups excluding carboxylic acids is 2. The highest BCUT2D eigenvalue weighted by Gasteiger charge is 2.42. The number of hydrogen-bond donors (Lipinski definition) is 0. The van der Waals surface area contributed by atoms with Gasteiger partial charge in [-0.1, -0.05) is 0 Å². The van der Waals surface area contributed by atoms with E-state index in [1.165, 1.54) is 4.90 Å². The second kappa shape index (κ2) is 7.42. The lowest BCUT2D eigenvalue weighted by Crippen LogP contribution is -2.43. The van der Waals surface area contributed by atoms with Crippen molar-refractivity contribution in [3.8, 4) is 0 Å². The molecule has 0 aromatic carbocycles. The van der Waals surface area contributed by atoms with Crippen LogP contribution in [0.4, 0.5) is 4.79 Å². The third-order valence-electron chi connectivity index (χ3n) is 3.38. The summed E-state index contributed by atoms with van der Waals surface area (Å²) in [4.78, 5) is 35.7. The molecule has 0 spiro atoms. The summed E-state index contributed by atoms with van der Waals surface area (Å²) in [5.41, 5.74) is -0.660. The summed E-state index contributed by atoms with van der Waals surface area (Å²) in [7, 11) is 0. The van der Waals surface area contributed by atoms with Crippen LogP contribution in [0.25, 0.3) is 0 Å². The molecule has 1 amide bonds. The van der Waals surface area contributed by atoms with E-state index >= 15 is 0 Å². The minimum Gasteiger partial charge on any atom is -0.466 e. The summed E-state index contributed by atoms with van der Waals surface area (Å²) in [5, 5.41) is 10.8. The van der Waals surface area contributed by atoms with Crippen LogP contribution in [0.3, 0.4) is 0 Å². The molecule has 1 fully saturated rings. The third-order valence-corrected chi connectivity index (χ3v) is 3.38. The molecule has 8 nitrogen and oxygen atoms in total. The zero-order chi connectivity index (χ0) is 16.9. The van der Waals surface area contributed by atoms with Crippen molar-refractivity contribution in [3.05, 3.63) is 10.1 Å². The predicted octanol–water partition coefficient (Wildman–Crippen LogP) is 1.84. The molecule has 0 N–H and O–H groups in total. The molecule has 0 aliphatic carbocycles. The van der Waals surface area contributed by atoms with E-state index in [0.717, 1.165) is 0 Å². The minimum absolute atomic E-state index is 0.0500. The monoisotopic (exact) mass is 316 g/mol. The first-order valence-corrected chi connectivity index (χ1v) is 7.41.